The molecule has 5 rings (SSSR count). The molecule has 2 fully saturated rings. The summed E-state index contributed by atoms with van der Waals surface area (Å²) in [6.45, 7) is 12.4. The first kappa shape index (κ1) is 24.5. The number of methoxy groups -OCH3 is 1. The average molecular weight is 483 g/mol. The summed E-state index contributed by atoms with van der Waals surface area (Å²) in [6.07, 6.45) is 10.3. The fourth-order valence-corrected chi connectivity index (χ4v) is 8.89. The van der Waals surface area contributed by atoms with Gasteiger partial charge in [-0.15, -0.1) is 0 Å². The van der Waals surface area contributed by atoms with Crippen LogP contribution < -0.4 is 0 Å². The summed E-state index contributed by atoms with van der Waals surface area (Å²) in [4.78, 5) is 38.0. The van der Waals surface area contributed by atoms with Crippen LogP contribution in [0.15, 0.2) is 35.5 Å². The Kier molecular flexibility index (Phi) is 5.35. The summed E-state index contributed by atoms with van der Waals surface area (Å²) in [7, 11) is 1.54. The lowest BCUT2D eigenvalue weighted by Crippen LogP contribution is -2.64. The zero-order valence-electron chi connectivity index (χ0n) is 22.0. The third-order valence-electron chi connectivity index (χ3n) is 10.6. The van der Waals surface area contributed by atoms with E-state index in [1.165, 1.54) is 19.6 Å². The van der Waals surface area contributed by atoms with Gasteiger partial charge in [0.1, 0.15) is 6.10 Å². The first-order valence-electron chi connectivity index (χ1n) is 12.9. The molecule has 0 spiro atoms. The minimum absolute atomic E-state index is 0.00588. The van der Waals surface area contributed by atoms with Crippen LogP contribution in [-0.4, -0.2) is 37.2 Å². The summed E-state index contributed by atoms with van der Waals surface area (Å²) in [6, 6.07) is 0. The monoisotopic (exact) mass is 482 g/mol. The predicted molar refractivity (Wildman–Crippen MR) is 130 cm³/mol. The molecule has 0 aromatic rings. The lowest BCUT2D eigenvalue weighted by molar-refractivity contribution is -0.187. The van der Waals surface area contributed by atoms with Crippen LogP contribution in [0.5, 0.6) is 0 Å². The SMILES string of the molecule is CO[C@@H]1C=C([C@@H]2CC=C3[C@@]4(C)[C@H](CC[C@]32C)[C@@]2(C)C=CC(=O)C(C)(C)[C@@H]2C[C@H]4OC(C)=O)C(=O)O1. The van der Waals surface area contributed by atoms with Crippen LogP contribution in [0.2, 0.25) is 0 Å². The largest absolute Gasteiger partial charge is 0.462 e. The minimum Gasteiger partial charge on any atom is -0.462 e. The van der Waals surface area contributed by atoms with Crippen LogP contribution >= 0.6 is 0 Å². The summed E-state index contributed by atoms with van der Waals surface area (Å²) < 4.78 is 16.8. The standard InChI is InChI=1S/C29H38O6/c1-16(30)34-23-15-21-26(2,3)22(31)11-13-28(21,5)20-10-12-27(4)18(8-9-19(27)29(20,23)6)17-14-24(33-7)35-25(17)32/h9,11,13-14,18,20-21,23-24H,8,10,12,15H2,1-7H3/t18-,20+,21-,23+,24-,27-,28+,29-/m0/s1. The molecule has 5 aliphatic rings. The second-order valence-electron chi connectivity index (χ2n) is 12.5. The number of carbonyl (C=O) groups excluding carboxylic acids is 3. The Bertz CT molecular complexity index is 1080. The summed E-state index contributed by atoms with van der Waals surface area (Å²) in [5, 5.41) is 0. The van der Waals surface area contributed by atoms with Gasteiger partial charge in [0.05, 0.1) is 0 Å². The van der Waals surface area contributed by atoms with Crippen molar-refractivity contribution in [1.82, 2.24) is 0 Å². The molecule has 8 atom stereocenters. The summed E-state index contributed by atoms with van der Waals surface area (Å²) in [5.41, 5.74) is 0.614. The van der Waals surface area contributed by atoms with Crippen molar-refractivity contribution in [3.05, 3.63) is 35.5 Å². The van der Waals surface area contributed by atoms with Crippen molar-refractivity contribution in [3.8, 4) is 0 Å². The van der Waals surface area contributed by atoms with Gasteiger partial charge in [0.25, 0.3) is 0 Å². The molecule has 4 aliphatic carbocycles. The highest BCUT2D eigenvalue weighted by molar-refractivity contribution is 5.96. The predicted octanol–water partition coefficient (Wildman–Crippen LogP) is 4.93. The van der Waals surface area contributed by atoms with Crippen LogP contribution in [0.25, 0.3) is 0 Å². The normalized spacial score (nSPS) is 45.6. The Hall–Kier alpha value is -2.21. The van der Waals surface area contributed by atoms with Gasteiger partial charge in [-0.2, -0.15) is 0 Å². The molecule has 0 aromatic carbocycles. The van der Waals surface area contributed by atoms with E-state index in [9.17, 15) is 14.4 Å². The van der Waals surface area contributed by atoms with Crippen LogP contribution in [0.4, 0.5) is 0 Å². The van der Waals surface area contributed by atoms with Gasteiger partial charge in [-0.05, 0) is 60.5 Å². The summed E-state index contributed by atoms with van der Waals surface area (Å²) >= 11 is 0. The smallest absolute Gasteiger partial charge is 0.336 e. The number of carbonyl (C=O) groups is 3. The Balaban J connectivity index is 1.61. The maximum Gasteiger partial charge on any atom is 0.336 e. The van der Waals surface area contributed by atoms with Crippen molar-refractivity contribution in [2.45, 2.75) is 79.6 Å². The fraction of sp³-hybridized carbons (Fsp3) is 0.690. The molecule has 35 heavy (non-hydrogen) atoms. The van der Waals surface area contributed by atoms with Crippen molar-refractivity contribution >= 4 is 17.7 Å². The van der Waals surface area contributed by atoms with E-state index in [0.29, 0.717) is 12.0 Å². The maximum absolute atomic E-state index is 12.9. The van der Waals surface area contributed by atoms with Crippen LogP contribution in [0.3, 0.4) is 0 Å². The van der Waals surface area contributed by atoms with Gasteiger partial charge in [0, 0.05) is 36.4 Å². The molecule has 1 aliphatic heterocycles. The number of rotatable bonds is 3. The van der Waals surface area contributed by atoms with E-state index < -0.39 is 17.1 Å². The third kappa shape index (κ3) is 3.14. The minimum atomic E-state index is -0.632. The molecule has 0 aromatic heterocycles. The van der Waals surface area contributed by atoms with Crippen molar-refractivity contribution < 1.29 is 28.6 Å². The number of allylic oxidation sites excluding steroid dienone is 3. The quantitative estimate of drug-likeness (QED) is 0.419. The molecule has 0 amide bonds. The molecular formula is C29H38O6. The van der Waals surface area contributed by atoms with E-state index in [0.717, 1.165) is 19.3 Å². The molecule has 0 saturated heterocycles. The Morgan fingerprint density at radius 1 is 1.11 bits per heavy atom. The van der Waals surface area contributed by atoms with E-state index in [-0.39, 0.29) is 52.4 Å². The highest BCUT2D eigenvalue weighted by atomic mass is 16.7. The van der Waals surface area contributed by atoms with Gasteiger partial charge in [-0.1, -0.05) is 52.3 Å². The molecule has 0 unspecified atom stereocenters. The fourth-order valence-electron chi connectivity index (χ4n) is 8.89. The van der Waals surface area contributed by atoms with E-state index >= 15 is 0 Å². The molecule has 0 N–H and O–H groups in total. The van der Waals surface area contributed by atoms with Gasteiger partial charge < -0.3 is 14.2 Å². The number of hydrogen-bond donors (Lipinski definition) is 0. The zero-order valence-corrected chi connectivity index (χ0v) is 22.0. The molecule has 6 nitrogen and oxygen atoms in total. The maximum atomic E-state index is 12.9. The Morgan fingerprint density at radius 3 is 2.46 bits per heavy atom. The van der Waals surface area contributed by atoms with E-state index in [2.05, 4.69) is 32.9 Å². The number of cyclic esters (lactones) is 1. The molecule has 0 bridgehead atoms. The molecule has 2 saturated carbocycles. The van der Waals surface area contributed by atoms with E-state index in [4.69, 9.17) is 14.2 Å². The highest BCUT2D eigenvalue weighted by Gasteiger charge is 2.68. The second kappa shape index (κ2) is 7.64. The van der Waals surface area contributed by atoms with E-state index in [1.54, 1.807) is 6.08 Å². The second-order valence-corrected chi connectivity index (χ2v) is 12.5. The van der Waals surface area contributed by atoms with Gasteiger partial charge in [0.15, 0.2) is 5.78 Å². The van der Waals surface area contributed by atoms with Crippen molar-refractivity contribution in [2.24, 2.45) is 39.4 Å². The summed E-state index contributed by atoms with van der Waals surface area (Å²) in [5.74, 6) is -0.158. The molecule has 1 heterocycles. The highest BCUT2D eigenvalue weighted by Crippen LogP contribution is 2.72. The number of ketones is 1. The van der Waals surface area contributed by atoms with E-state index in [1.807, 2.05) is 19.9 Å². The van der Waals surface area contributed by atoms with Gasteiger partial charge >= 0.3 is 11.9 Å². The van der Waals surface area contributed by atoms with Gasteiger partial charge in [0.2, 0.25) is 6.29 Å². The van der Waals surface area contributed by atoms with Crippen molar-refractivity contribution in [3.63, 3.8) is 0 Å². The number of esters is 2. The molecule has 6 heteroatoms. The number of fused-ring (bicyclic) bond motifs is 5. The Labute approximate surface area is 208 Å². The molecule has 190 valence electrons. The third-order valence-corrected chi connectivity index (χ3v) is 10.6. The van der Waals surface area contributed by atoms with Crippen LogP contribution in [0.1, 0.15) is 67.2 Å². The van der Waals surface area contributed by atoms with Crippen molar-refractivity contribution in [1.29, 1.82) is 0 Å². The van der Waals surface area contributed by atoms with Crippen LogP contribution in [-0.2, 0) is 28.6 Å². The van der Waals surface area contributed by atoms with Gasteiger partial charge in [-0.3, -0.25) is 9.59 Å². The lowest BCUT2D eigenvalue weighted by Gasteiger charge is -2.66. The first-order valence-corrected chi connectivity index (χ1v) is 12.9. The topological polar surface area (TPSA) is 78.9 Å². The van der Waals surface area contributed by atoms with Crippen LogP contribution in [0, 0.1) is 39.4 Å². The van der Waals surface area contributed by atoms with Gasteiger partial charge in [-0.25, -0.2) is 4.79 Å². The molecular weight excluding hydrogens is 444 g/mol. The molecule has 0 radical (unpaired) electrons. The first-order chi connectivity index (χ1) is 16.3. The number of ether oxygens (including phenoxy) is 3. The van der Waals surface area contributed by atoms with Crippen molar-refractivity contribution in [2.75, 3.05) is 7.11 Å². The Morgan fingerprint density at radius 2 is 1.83 bits per heavy atom. The average Bonchev–Trinajstić information content (AvgIpc) is 3.32. The zero-order chi connectivity index (χ0) is 25.6. The lowest BCUT2D eigenvalue weighted by atomic mass is 9.38. The number of hydrogen-bond acceptors (Lipinski definition) is 6.